The van der Waals surface area contributed by atoms with Gasteiger partial charge in [0.25, 0.3) is 0 Å². The second-order valence-electron chi connectivity index (χ2n) is 7.32. The van der Waals surface area contributed by atoms with Crippen LogP contribution >= 0.6 is 0 Å². The van der Waals surface area contributed by atoms with Crippen LogP contribution in [0.15, 0.2) is 24.3 Å². The Labute approximate surface area is 153 Å². The molecule has 0 radical (unpaired) electrons. The smallest absolute Gasteiger partial charge is 0.220 e. The summed E-state index contributed by atoms with van der Waals surface area (Å²) in [5, 5.41) is 6.48. The van der Waals surface area contributed by atoms with Crippen molar-refractivity contribution in [1.82, 2.24) is 15.5 Å². The first-order valence-corrected chi connectivity index (χ1v) is 9.90. The van der Waals surface area contributed by atoms with Crippen molar-refractivity contribution in [1.29, 1.82) is 0 Å². The van der Waals surface area contributed by atoms with Gasteiger partial charge in [-0.05, 0) is 62.0 Å². The zero-order valence-corrected chi connectivity index (χ0v) is 16.2. The lowest BCUT2D eigenvalue weighted by molar-refractivity contribution is -0.122. The SMILES string of the molecule is CCN(CC)Cc1ccc(CNC(=O)CC(C)C2CCNCC2)cc1. The summed E-state index contributed by atoms with van der Waals surface area (Å²) >= 11 is 0. The fraction of sp³-hybridized carbons (Fsp3) is 0.667. The maximum absolute atomic E-state index is 12.2. The summed E-state index contributed by atoms with van der Waals surface area (Å²) in [4.78, 5) is 14.6. The number of carbonyl (C=O) groups excluding carboxylic acids is 1. The van der Waals surface area contributed by atoms with E-state index in [1.807, 2.05) is 0 Å². The monoisotopic (exact) mass is 345 g/mol. The number of carbonyl (C=O) groups is 1. The summed E-state index contributed by atoms with van der Waals surface area (Å²) in [5.74, 6) is 1.34. The van der Waals surface area contributed by atoms with Gasteiger partial charge in [0, 0.05) is 19.5 Å². The number of benzene rings is 1. The van der Waals surface area contributed by atoms with Crippen molar-refractivity contribution < 1.29 is 4.79 Å². The molecule has 0 saturated carbocycles. The Kier molecular flexibility index (Phi) is 8.42. The minimum atomic E-state index is 0.179. The van der Waals surface area contributed by atoms with Crippen molar-refractivity contribution in [2.75, 3.05) is 26.2 Å². The molecule has 2 N–H and O–H groups in total. The third-order valence-corrected chi connectivity index (χ3v) is 5.51. The quantitative estimate of drug-likeness (QED) is 0.722. The van der Waals surface area contributed by atoms with Gasteiger partial charge in [0.05, 0.1) is 0 Å². The first-order valence-electron chi connectivity index (χ1n) is 9.90. The Morgan fingerprint density at radius 1 is 1.16 bits per heavy atom. The molecule has 0 spiro atoms. The molecule has 1 atom stereocenters. The minimum Gasteiger partial charge on any atom is -0.352 e. The Morgan fingerprint density at radius 3 is 2.36 bits per heavy atom. The highest BCUT2D eigenvalue weighted by atomic mass is 16.1. The maximum atomic E-state index is 12.2. The molecule has 1 heterocycles. The molecule has 0 aromatic heterocycles. The van der Waals surface area contributed by atoms with Crippen molar-refractivity contribution in [2.45, 2.75) is 53.1 Å². The van der Waals surface area contributed by atoms with Crippen molar-refractivity contribution in [2.24, 2.45) is 11.8 Å². The van der Waals surface area contributed by atoms with Gasteiger partial charge in [-0.1, -0.05) is 45.0 Å². The van der Waals surface area contributed by atoms with E-state index in [2.05, 4.69) is 60.6 Å². The van der Waals surface area contributed by atoms with E-state index >= 15 is 0 Å². The lowest BCUT2D eigenvalue weighted by Crippen LogP contribution is -2.33. The first-order chi connectivity index (χ1) is 12.1. The highest BCUT2D eigenvalue weighted by Crippen LogP contribution is 2.24. The van der Waals surface area contributed by atoms with E-state index in [0.717, 1.165) is 32.7 Å². The Morgan fingerprint density at radius 2 is 1.76 bits per heavy atom. The van der Waals surface area contributed by atoms with Crippen LogP contribution in [0.5, 0.6) is 0 Å². The zero-order valence-electron chi connectivity index (χ0n) is 16.2. The fourth-order valence-corrected chi connectivity index (χ4v) is 3.61. The summed E-state index contributed by atoms with van der Waals surface area (Å²) in [6, 6.07) is 8.62. The summed E-state index contributed by atoms with van der Waals surface area (Å²) in [5.41, 5.74) is 2.50. The van der Waals surface area contributed by atoms with Gasteiger partial charge in [-0.25, -0.2) is 0 Å². The molecule has 1 aromatic carbocycles. The molecular weight excluding hydrogens is 310 g/mol. The molecule has 1 aliphatic heterocycles. The number of hydrogen-bond acceptors (Lipinski definition) is 3. The van der Waals surface area contributed by atoms with Crippen molar-refractivity contribution >= 4 is 5.91 Å². The van der Waals surface area contributed by atoms with E-state index in [4.69, 9.17) is 0 Å². The van der Waals surface area contributed by atoms with Gasteiger partial charge >= 0.3 is 0 Å². The number of hydrogen-bond donors (Lipinski definition) is 2. The van der Waals surface area contributed by atoms with E-state index in [1.165, 1.54) is 24.0 Å². The first kappa shape index (κ1) is 19.9. The van der Waals surface area contributed by atoms with Crippen LogP contribution < -0.4 is 10.6 Å². The standard InChI is InChI=1S/C21H35N3O/c1-4-24(5-2)16-19-8-6-18(7-9-19)15-23-21(25)14-17(3)20-10-12-22-13-11-20/h6-9,17,20,22H,4-5,10-16H2,1-3H3,(H,23,25). The Bertz CT molecular complexity index is 504. The number of nitrogens with one attached hydrogen (secondary N) is 2. The molecule has 2 rings (SSSR count). The molecule has 140 valence electrons. The molecular formula is C21H35N3O. The van der Waals surface area contributed by atoms with Crippen molar-refractivity contribution in [3.8, 4) is 0 Å². The van der Waals surface area contributed by atoms with Crippen LogP contribution in [0.25, 0.3) is 0 Å². The fourth-order valence-electron chi connectivity index (χ4n) is 3.61. The summed E-state index contributed by atoms with van der Waals surface area (Å²) in [6.45, 7) is 12.6. The van der Waals surface area contributed by atoms with Crippen LogP contribution in [0.2, 0.25) is 0 Å². The van der Waals surface area contributed by atoms with E-state index in [-0.39, 0.29) is 5.91 Å². The van der Waals surface area contributed by atoms with Crippen molar-refractivity contribution in [3.63, 3.8) is 0 Å². The van der Waals surface area contributed by atoms with E-state index in [1.54, 1.807) is 0 Å². The second-order valence-corrected chi connectivity index (χ2v) is 7.32. The predicted octanol–water partition coefficient (Wildman–Crippen LogP) is 3.17. The van der Waals surface area contributed by atoms with Gasteiger partial charge in [0.1, 0.15) is 0 Å². The normalized spacial score (nSPS) is 16.8. The molecule has 1 aliphatic rings. The Balaban J connectivity index is 1.73. The molecule has 4 heteroatoms. The maximum Gasteiger partial charge on any atom is 0.220 e. The second kappa shape index (κ2) is 10.6. The molecule has 1 amide bonds. The highest BCUT2D eigenvalue weighted by molar-refractivity contribution is 5.76. The third kappa shape index (κ3) is 6.79. The topological polar surface area (TPSA) is 44.4 Å². The van der Waals surface area contributed by atoms with Gasteiger partial charge in [0.2, 0.25) is 5.91 Å². The molecule has 0 aliphatic carbocycles. The average Bonchev–Trinajstić information content (AvgIpc) is 2.66. The average molecular weight is 346 g/mol. The van der Waals surface area contributed by atoms with Gasteiger partial charge in [-0.2, -0.15) is 0 Å². The summed E-state index contributed by atoms with van der Waals surface area (Å²) in [7, 11) is 0. The molecule has 1 saturated heterocycles. The van der Waals surface area contributed by atoms with Crippen LogP contribution in [0, 0.1) is 11.8 Å². The lowest BCUT2D eigenvalue weighted by Gasteiger charge is -2.27. The molecule has 1 aromatic rings. The minimum absolute atomic E-state index is 0.179. The van der Waals surface area contributed by atoms with E-state index in [0.29, 0.717) is 24.8 Å². The van der Waals surface area contributed by atoms with Gasteiger partial charge in [-0.15, -0.1) is 0 Å². The number of piperidine rings is 1. The van der Waals surface area contributed by atoms with Gasteiger partial charge in [-0.3, -0.25) is 9.69 Å². The molecule has 4 nitrogen and oxygen atoms in total. The highest BCUT2D eigenvalue weighted by Gasteiger charge is 2.21. The molecule has 1 fully saturated rings. The van der Waals surface area contributed by atoms with Crippen LogP contribution in [-0.2, 0) is 17.9 Å². The van der Waals surface area contributed by atoms with Crippen molar-refractivity contribution in [3.05, 3.63) is 35.4 Å². The third-order valence-electron chi connectivity index (χ3n) is 5.51. The van der Waals surface area contributed by atoms with Crippen LogP contribution in [0.3, 0.4) is 0 Å². The Hall–Kier alpha value is -1.39. The van der Waals surface area contributed by atoms with Crippen LogP contribution in [0.4, 0.5) is 0 Å². The van der Waals surface area contributed by atoms with Gasteiger partial charge in [0.15, 0.2) is 0 Å². The van der Waals surface area contributed by atoms with E-state index in [9.17, 15) is 4.79 Å². The lowest BCUT2D eigenvalue weighted by atomic mass is 9.84. The van der Waals surface area contributed by atoms with Gasteiger partial charge < -0.3 is 10.6 Å². The molecule has 1 unspecified atom stereocenters. The van der Waals surface area contributed by atoms with Crippen LogP contribution in [-0.4, -0.2) is 37.0 Å². The zero-order chi connectivity index (χ0) is 18.1. The van der Waals surface area contributed by atoms with E-state index < -0.39 is 0 Å². The number of nitrogens with zero attached hydrogens (tertiary/aromatic N) is 1. The number of rotatable bonds is 9. The molecule has 25 heavy (non-hydrogen) atoms. The number of amides is 1. The molecule has 0 bridgehead atoms. The predicted molar refractivity (Wildman–Crippen MR) is 104 cm³/mol. The summed E-state index contributed by atoms with van der Waals surface area (Å²) in [6.07, 6.45) is 3.04. The largest absolute Gasteiger partial charge is 0.352 e. The summed E-state index contributed by atoms with van der Waals surface area (Å²) < 4.78 is 0. The van der Waals surface area contributed by atoms with Crippen LogP contribution in [0.1, 0.15) is 51.2 Å².